The standard InChI is InChI=1S/C22H19NO3/c1-26-21-12-9-17(10-13-21)8-11-20-7-2-3-14-23(20)16-18-5-4-6-19(15-18)22(24)25/h2-15H,16H2,1H3/p+1/b11-8+. The van der Waals surface area contributed by atoms with Crippen molar-refractivity contribution < 1.29 is 19.2 Å². The Kier molecular flexibility index (Phi) is 5.44. The number of rotatable bonds is 6. The Hall–Kier alpha value is -3.40. The highest BCUT2D eigenvalue weighted by atomic mass is 16.5. The Labute approximate surface area is 152 Å². The Morgan fingerprint density at radius 3 is 2.58 bits per heavy atom. The Morgan fingerprint density at radius 2 is 1.85 bits per heavy atom. The van der Waals surface area contributed by atoms with Gasteiger partial charge in [0.1, 0.15) is 5.75 Å². The van der Waals surface area contributed by atoms with Gasteiger partial charge in [-0.05, 0) is 42.0 Å². The summed E-state index contributed by atoms with van der Waals surface area (Å²) in [6.45, 7) is 0.601. The number of carboxylic acids is 1. The lowest BCUT2D eigenvalue weighted by Crippen LogP contribution is -2.37. The lowest BCUT2D eigenvalue weighted by Gasteiger charge is -2.03. The minimum Gasteiger partial charge on any atom is -0.497 e. The summed E-state index contributed by atoms with van der Waals surface area (Å²) in [5.74, 6) is -0.0835. The molecular weight excluding hydrogens is 326 g/mol. The smallest absolute Gasteiger partial charge is 0.335 e. The van der Waals surface area contributed by atoms with Gasteiger partial charge in [-0.1, -0.05) is 24.3 Å². The molecule has 1 aromatic heterocycles. The molecule has 0 saturated carbocycles. The molecule has 0 aliphatic heterocycles. The molecule has 0 fully saturated rings. The van der Waals surface area contributed by atoms with Gasteiger partial charge in [0.25, 0.3) is 0 Å². The van der Waals surface area contributed by atoms with Crippen LogP contribution in [-0.2, 0) is 6.54 Å². The van der Waals surface area contributed by atoms with E-state index >= 15 is 0 Å². The molecular formula is C22H20NO3+. The topological polar surface area (TPSA) is 50.4 Å². The van der Waals surface area contributed by atoms with Crippen LogP contribution >= 0.6 is 0 Å². The summed E-state index contributed by atoms with van der Waals surface area (Å²) >= 11 is 0. The van der Waals surface area contributed by atoms with Gasteiger partial charge >= 0.3 is 5.97 Å². The van der Waals surface area contributed by atoms with Crippen molar-refractivity contribution >= 4 is 18.1 Å². The second kappa shape index (κ2) is 8.12. The lowest BCUT2D eigenvalue weighted by molar-refractivity contribution is -0.690. The van der Waals surface area contributed by atoms with Gasteiger partial charge < -0.3 is 9.84 Å². The zero-order valence-electron chi connectivity index (χ0n) is 14.5. The molecule has 0 saturated heterocycles. The molecule has 0 spiro atoms. The van der Waals surface area contributed by atoms with Crippen molar-refractivity contribution in [2.75, 3.05) is 7.11 Å². The van der Waals surface area contributed by atoms with Crippen LogP contribution in [0.2, 0.25) is 0 Å². The number of carbonyl (C=O) groups is 1. The second-order valence-electron chi connectivity index (χ2n) is 5.87. The maximum absolute atomic E-state index is 11.2. The first-order valence-corrected chi connectivity index (χ1v) is 8.28. The van der Waals surface area contributed by atoms with Crippen molar-refractivity contribution in [1.29, 1.82) is 0 Å². The number of pyridine rings is 1. The fourth-order valence-electron chi connectivity index (χ4n) is 2.68. The lowest BCUT2D eigenvalue weighted by atomic mass is 10.1. The van der Waals surface area contributed by atoms with E-state index in [1.165, 1.54) is 0 Å². The first kappa shape index (κ1) is 17.4. The van der Waals surface area contributed by atoms with Gasteiger partial charge in [-0.2, -0.15) is 4.57 Å². The van der Waals surface area contributed by atoms with E-state index in [4.69, 9.17) is 9.84 Å². The molecule has 1 N–H and O–H groups in total. The number of benzene rings is 2. The SMILES string of the molecule is COc1ccc(/C=C/c2cccc[n+]2Cc2cccc(C(=O)O)c2)cc1. The van der Waals surface area contributed by atoms with E-state index in [2.05, 4.69) is 4.57 Å². The van der Waals surface area contributed by atoms with Crippen LogP contribution in [0.3, 0.4) is 0 Å². The minimum absolute atomic E-state index is 0.300. The molecule has 0 amide bonds. The van der Waals surface area contributed by atoms with E-state index in [1.54, 1.807) is 25.3 Å². The van der Waals surface area contributed by atoms with Crippen molar-refractivity contribution in [3.8, 4) is 5.75 Å². The van der Waals surface area contributed by atoms with Gasteiger partial charge in [-0.15, -0.1) is 0 Å². The largest absolute Gasteiger partial charge is 0.497 e. The predicted octanol–water partition coefficient (Wildman–Crippen LogP) is 3.90. The number of hydrogen-bond donors (Lipinski definition) is 1. The fourth-order valence-corrected chi connectivity index (χ4v) is 2.68. The van der Waals surface area contributed by atoms with Gasteiger partial charge in [0.2, 0.25) is 5.69 Å². The normalized spacial score (nSPS) is 10.8. The third kappa shape index (κ3) is 4.36. The quantitative estimate of drug-likeness (QED) is 0.689. The zero-order chi connectivity index (χ0) is 18.4. The van der Waals surface area contributed by atoms with Crippen LogP contribution < -0.4 is 9.30 Å². The number of nitrogens with zero attached hydrogens (tertiary/aromatic N) is 1. The van der Waals surface area contributed by atoms with Crippen LogP contribution in [0.25, 0.3) is 12.2 Å². The predicted molar refractivity (Wildman–Crippen MR) is 101 cm³/mol. The first-order chi connectivity index (χ1) is 12.7. The van der Waals surface area contributed by atoms with E-state index in [0.717, 1.165) is 22.6 Å². The number of aromatic nitrogens is 1. The number of hydrogen-bond acceptors (Lipinski definition) is 2. The maximum Gasteiger partial charge on any atom is 0.335 e. The molecule has 130 valence electrons. The molecule has 4 heteroatoms. The van der Waals surface area contributed by atoms with Crippen LogP contribution in [0.1, 0.15) is 27.2 Å². The van der Waals surface area contributed by atoms with Crippen LogP contribution in [0.4, 0.5) is 0 Å². The molecule has 1 heterocycles. The highest BCUT2D eigenvalue weighted by Crippen LogP contribution is 2.13. The van der Waals surface area contributed by atoms with Crippen LogP contribution in [0, 0.1) is 0 Å². The van der Waals surface area contributed by atoms with E-state index in [-0.39, 0.29) is 0 Å². The molecule has 26 heavy (non-hydrogen) atoms. The van der Waals surface area contributed by atoms with E-state index in [9.17, 15) is 4.79 Å². The number of carboxylic acid groups (broad SMARTS) is 1. The summed E-state index contributed by atoms with van der Waals surface area (Å²) < 4.78 is 7.26. The molecule has 0 bridgehead atoms. The van der Waals surface area contributed by atoms with Crippen molar-refractivity contribution in [2.45, 2.75) is 6.54 Å². The van der Waals surface area contributed by atoms with Gasteiger partial charge in [0, 0.05) is 23.8 Å². The van der Waals surface area contributed by atoms with Crippen molar-refractivity contribution in [3.63, 3.8) is 0 Å². The Bertz CT molecular complexity index is 930. The summed E-state index contributed by atoms with van der Waals surface area (Å²) in [6.07, 6.45) is 6.07. The molecule has 0 atom stereocenters. The second-order valence-corrected chi connectivity index (χ2v) is 5.87. The van der Waals surface area contributed by atoms with Crippen LogP contribution in [0.5, 0.6) is 5.75 Å². The van der Waals surface area contributed by atoms with Crippen LogP contribution in [0.15, 0.2) is 72.9 Å². The zero-order valence-corrected chi connectivity index (χ0v) is 14.5. The summed E-state index contributed by atoms with van der Waals surface area (Å²) in [6, 6.07) is 20.8. The molecule has 3 aromatic rings. The highest BCUT2D eigenvalue weighted by Gasteiger charge is 2.10. The fraction of sp³-hybridized carbons (Fsp3) is 0.0909. The first-order valence-electron chi connectivity index (χ1n) is 8.28. The monoisotopic (exact) mass is 346 g/mol. The summed E-state index contributed by atoms with van der Waals surface area (Å²) in [4.78, 5) is 11.2. The summed E-state index contributed by atoms with van der Waals surface area (Å²) in [5.41, 5.74) is 3.35. The van der Waals surface area contributed by atoms with Crippen LogP contribution in [-0.4, -0.2) is 18.2 Å². The van der Waals surface area contributed by atoms with Crippen molar-refractivity contribution in [1.82, 2.24) is 0 Å². The minimum atomic E-state index is -0.912. The number of ether oxygens (including phenoxy) is 1. The van der Waals surface area contributed by atoms with E-state index in [0.29, 0.717) is 12.1 Å². The molecule has 0 unspecified atom stereocenters. The Balaban J connectivity index is 1.82. The maximum atomic E-state index is 11.2. The molecule has 0 radical (unpaired) electrons. The summed E-state index contributed by atoms with van der Waals surface area (Å²) in [5, 5.41) is 9.15. The Morgan fingerprint density at radius 1 is 1.04 bits per heavy atom. The average Bonchev–Trinajstić information content (AvgIpc) is 2.68. The van der Waals surface area contributed by atoms with Gasteiger partial charge in [-0.25, -0.2) is 4.79 Å². The number of aromatic carboxylic acids is 1. The molecule has 4 nitrogen and oxygen atoms in total. The van der Waals surface area contributed by atoms with E-state index < -0.39 is 5.97 Å². The molecule has 3 rings (SSSR count). The summed E-state index contributed by atoms with van der Waals surface area (Å²) in [7, 11) is 1.65. The average molecular weight is 346 g/mol. The van der Waals surface area contributed by atoms with Gasteiger partial charge in [0.05, 0.1) is 12.7 Å². The third-order valence-electron chi connectivity index (χ3n) is 4.06. The van der Waals surface area contributed by atoms with Gasteiger partial charge in [0.15, 0.2) is 12.7 Å². The molecule has 0 aliphatic rings. The molecule has 2 aromatic carbocycles. The van der Waals surface area contributed by atoms with Crippen molar-refractivity contribution in [2.24, 2.45) is 0 Å². The van der Waals surface area contributed by atoms with E-state index in [1.807, 2.05) is 66.9 Å². The van der Waals surface area contributed by atoms with Gasteiger partial charge in [-0.3, -0.25) is 0 Å². The van der Waals surface area contributed by atoms with Crippen molar-refractivity contribution in [3.05, 3.63) is 95.3 Å². The third-order valence-corrected chi connectivity index (χ3v) is 4.06. The number of methoxy groups -OCH3 is 1. The highest BCUT2D eigenvalue weighted by molar-refractivity contribution is 5.87. The molecule has 0 aliphatic carbocycles.